The molecule has 166 valence electrons. The molecule has 1 heterocycles. The van der Waals surface area contributed by atoms with Gasteiger partial charge in [0.2, 0.25) is 21.8 Å². The van der Waals surface area contributed by atoms with Gasteiger partial charge in [-0.3, -0.25) is 9.59 Å². The van der Waals surface area contributed by atoms with Gasteiger partial charge in [-0.15, -0.1) is 0 Å². The van der Waals surface area contributed by atoms with Crippen molar-refractivity contribution in [3.63, 3.8) is 0 Å². The summed E-state index contributed by atoms with van der Waals surface area (Å²) in [7, 11) is -3.98. The summed E-state index contributed by atoms with van der Waals surface area (Å²) in [6.45, 7) is 5.92. The van der Waals surface area contributed by atoms with E-state index in [0.717, 1.165) is 23.1 Å². The maximum atomic E-state index is 13.8. The lowest BCUT2D eigenvalue weighted by atomic mass is 9.92. The summed E-state index contributed by atoms with van der Waals surface area (Å²) in [6.07, 6.45) is 1.40. The van der Waals surface area contributed by atoms with Gasteiger partial charge in [-0.1, -0.05) is 37.3 Å². The molecule has 0 fully saturated rings. The molecule has 0 bridgehead atoms. The second kappa shape index (κ2) is 9.62. The van der Waals surface area contributed by atoms with Gasteiger partial charge in [0.15, 0.2) is 0 Å². The van der Waals surface area contributed by atoms with E-state index in [-0.39, 0.29) is 35.4 Å². The van der Waals surface area contributed by atoms with Crippen LogP contribution in [0.2, 0.25) is 0 Å². The van der Waals surface area contributed by atoms with Crippen LogP contribution in [0.25, 0.3) is 0 Å². The van der Waals surface area contributed by atoms with E-state index in [0.29, 0.717) is 13.0 Å². The van der Waals surface area contributed by atoms with Gasteiger partial charge in [0, 0.05) is 26.4 Å². The number of aryl methyl sites for hydroxylation is 1. The predicted molar refractivity (Wildman–Crippen MR) is 120 cm³/mol. The molecule has 0 aliphatic carbocycles. The van der Waals surface area contributed by atoms with E-state index in [1.165, 1.54) is 11.2 Å². The first kappa shape index (κ1) is 23.0. The average Bonchev–Trinajstić information content (AvgIpc) is 2.73. The van der Waals surface area contributed by atoms with Crippen LogP contribution < -0.4 is 10.6 Å². The van der Waals surface area contributed by atoms with Crippen molar-refractivity contribution in [2.24, 2.45) is 0 Å². The van der Waals surface area contributed by atoms with Crippen LogP contribution in [0.3, 0.4) is 0 Å². The molecule has 0 radical (unpaired) electrons. The summed E-state index contributed by atoms with van der Waals surface area (Å²) in [5.41, 5.74) is 2.90. The SMILES string of the molecule is CCCNC(=O)CC1c2ccccc2CCN1S(=O)(=O)c1cc(C)ccc1NC(C)=O. The zero-order valence-corrected chi connectivity index (χ0v) is 19.0. The molecule has 0 saturated carbocycles. The van der Waals surface area contributed by atoms with Crippen LogP contribution >= 0.6 is 0 Å². The summed E-state index contributed by atoms with van der Waals surface area (Å²) in [5, 5.41) is 5.48. The minimum atomic E-state index is -3.98. The van der Waals surface area contributed by atoms with Crippen molar-refractivity contribution in [2.45, 2.75) is 51.0 Å². The molecule has 2 N–H and O–H groups in total. The predicted octanol–water partition coefficient (Wildman–Crippen LogP) is 3.16. The summed E-state index contributed by atoms with van der Waals surface area (Å²) in [5.74, 6) is -0.533. The van der Waals surface area contributed by atoms with Gasteiger partial charge in [-0.25, -0.2) is 8.42 Å². The largest absolute Gasteiger partial charge is 0.356 e. The van der Waals surface area contributed by atoms with Crippen molar-refractivity contribution in [3.8, 4) is 0 Å². The Morgan fingerprint density at radius 2 is 1.90 bits per heavy atom. The number of carbonyl (C=O) groups is 2. The van der Waals surface area contributed by atoms with E-state index in [2.05, 4.69) is 10.6 Å². The van der Waals surface area contributed by atoms with E-state index >= 15 is 0 Å². The van der Waals surface area contributed by atoms with Crippen molar-refractivity contribution >= 4 is 27.5 Å². The van der Waals surface area contributed by atoms with Crippen LogP contribution in [0, 0.1) is 6.92 Å². The van der Waals surface area contributed by atoms with Crippen molar-refractivity contribution in [1.29, 1.82) is 0 Å². The van der Waals surface area contributed by atoms with Gasteiger partial charge in [0.25, 0.3) is 0 Å². The summed E-state index contributed by atoms with van der Waals surface area (Å²) in [6, 6.07) is 12.0. The highest BCUT2D eigenvalue weighted by atomic mass is 32.2. The first-order valence-corrected chi connectivity index (χ1v) is 11.9. The number of hydrogen-bond acceptors (Lipinski definition) is 4. The Morgan fingerprint density at radius 3 is 2.61 bits per heavy atom. The van der Waals surface area contributed by atoms with Crippen LogP contribution in [0.4, 0.5) is 5.69 Å². The van der Waals surface area contributed by atoms with E-state index in [1.807, 2.05) is 31.2 Å². The second-order valence-electron chi connectivity index (χ2n) is 7.82. The van der Waals surface area contributed by atoms with Gasteiger partial charge in [-0.05, 0) is 48.6 Å². The van der Waals surface area contributed by atoms with Gasteiger partial charge >= 0.3 is 0 Å². The second-order valence-corrected chi connectivity index (χ2v) is 9.67. The molecule has 8 heteroatoms. The van der Waals surface area contributed by atoms with Crippen LogP contribution in [0.15, 0.2) is 47.4 Å². The Labute approximate surface area is 183 Å². The quantitative estimate of drug-likeness (QED) is 0.687. The highest BCUT2D eigenvalue weighted by Crippen LogP contribution is 2.38. The molecule has 3 rings (SSSR count). The fourth-order valence-corrected chi connectivity index (χ4v) is 5.74. The number of nitrogens with one attached hydrogen (secondary N) is 2. The zero-order valence-electron chi connectivity index (χ0n) is 18.1. The third-order valence-electron chi connectivity index (χ3n) is 5.35. The molecule has 31 heavy (non-hydrogen) atoms. The van der Waals surface area contributed by atoms with Crippen molar-refractivity contribution < 1.29 is 18.0 Å². The van der Waals surface area contributed by atoms with Crippen LogP contribution in [-0.2, 0) is 26.0 Å². The topological polar surface area (TPSA) is 95.6 Å². The summed E-state index contributed by atoms with van der Waals surface area (Å²) < 4.78 is 29.0. The molecule has 7 nitrogen and oxygen atoms in total. The smallest absolute Gasteiger partial charge is 0.245 e. The first-order valence-electron chi connectivity index (χ1n) is 10.5. The third kappa shape index (κ3) is 5.14. The Balaban J connectivity index is 2.05. The molecule has 2 amide bonds. The van der Waals surface area contributed by atoms with Crippen molar-refractivity contribution in [2.75, 3.05) is 18.4 Å². The van der Waals surface area contributed by atoms with Crippen LogP contribution in [0.1, 0.15) is 49.4 Å². The number of sulfonamides is 1. The Morgan fingerprint density at radius 1 is 1.16 bits per heavy atom. The lowest BCUT2D eigenvalue weighted by molar-refractivity contribution is -0.122. The van der Waals surface area contributed by atoms with Crippen molar-refractivity contribution in [3.05, 3.63) is 59.2 Å². The monoisotopic (exact) mass is 443 g/mol. The minimum Gasteiger partial charge on any atom is -0.356 e. The van der Waals surface area contributed by atoms with E-state index < -0.39 is 16.1 Å². The van der Waals surface area contributed by atoms with Crippen LogP contribution in [-0.4, -0.2) is 37.6 Å². The molecule has 2 aromatic rings. The summed E-state index contributed by atoms with van der Waals surface area (Å²) in [4.78, 5) is 24.3. The highest BCUT2D eigenvalue weighted by Gasteiger charge is 2.38. The van der Waals surface area contributed by atoms with E-state index in [4.69, 9.17) is 0 Å². The van der Waals surface area contributed by atoms with Gasteiger partial charge in [-0.2, -0.15) is 4.31 Å². The molecule has 1 unspecified atom stereocenters. The van der Waals surface area contributed by atoms with E-state index in [1.54, 1.807) is 25.1 Å². The first-order chi connectivity index (χ1) is 14.7. The Bertz CT molecular complexity index is 1080. The maximum absolute atomic E-state index is 13.8. The molecule has 0 saturated heterocycles. The highest BCUT2D eigenvalue weighted by molar-refractivity contribution is 7.89. The summed E-state index contributed by atoms with van der Waals surface area (Å²) >= 11 is 0. The number of amides is 2. The molecule has 1 atom stereocenters. The average molecular weight is 444 g/mol. The van der Waals surface area contributed by atoms with E-state index in [9.17, 15) is 18.0 Å². The lowest BCUT2D eigenvalue weighted by Gasteiger charge is -2.36. The van der Waals surface area contributed by atoms with Gasteiger partial charge < -0.3 is 10.6 Å². The molecular formula is C23H29N3O4S. The maximum Gasteiger partial charge on any atom is 0.245 e. The molecule has 0 aromatic heterocycles. The lowest BCUT2D eigenvalue weighted by Crippen LogP contribution is -2.42. The zero-order chi connectivity index (χ0) is 22.6. The van der Waals surface area contributed by atoms with Crippen LogP contribution in [0.5, 0.6) is 0 Å². The fraction of sp³-hybridized carbons (Fsp3) is 0.391. The third-order valence-corrected chi connectivity index (χ3v) is 7.30. The number of nitrogens with zero attached hydrogens (tertiary/aromatic N) is 1. The molecule has 2 aromatic carbocycles. The standard InChI is InChI=1S/C23H29N3O4S/c1-4-12-24-23(28)15-21-19-8-6-5-7-18(19)11-13-26(21)31(29,30)22-14-16(2)9-10-20(22)25-17(3)27/h5-10,14,21H,4,11-13,15H2,1-3H3,(H,24,28)(H,25,27). The number of carbonyl (C=O) groups excluding carboxylic acids is 2. The number of rotatable bonds is 7. The molecule has 0 spiro atoms. The molecule has 1 aliphatic rings. The van der Waals surface area contributed by atoms with Gasteiger partial charge in [0.1, 0.15) is 4.90 Å². The number of anilines is 1. The minimum absolute atomic E-state index is 0.0392. The van der Waals surface area contributed by atoms with Crippen molar-refractivity contribution in [1.82, 2.24) is 9.62 Å². The molecular weight excluding hydrogens is 414 g/mol. The number of hydrogen-bond donors (Lipinski definition) is 2. The van der Waals surface area contributed by atoms with Gasteiger partial charge in [0.05, 0.1) is 11.7 Å². The normalized spacial score (nSPS) is 16.4. The fourth-order valence-electron chi connectivity index (χ4n) is 3.90. The molecule has 1 aliphatic heterocycles. The number of fused-ring (bicyclic) bond motifs is 1. The Kier molecular flexibility index (Phi) is 7.12. The number of benzene rings is 2. The Hall–Kier alpha value is -2.71.